The summed E-state index contributed by atoms with van der Waals surface area (Å²) in [4.78, 5) is 2.33. The van der Waals surface area contributed by atoms with Gasteiger partial charge >= 0.3 is 79.1 Å². The van der Waals surface area contributed by atoms with E-state index in [1.54, 1.807) is 6.56 Å². The molecule has 0 atom stereocenters. The molecule has 0 radical (unpaired) electrons. The minimum atomic E-state index is -0.312. The predicted octanol–water partition coefficient (Wildman–Crippen LogP) is -2.58. The Hall–Kier alpha value is 0.448. The number of hydrogen-bond donors (Lipinski definition) is 0. The molecule has 0 fully saturated rings. The van der Waals surface area contributed by atoms with Crippen LogP contribution in [0.3, 0.4) is 0 Å². The van der Waals surface area contributed by atoms with Crippen LogP contribution in [0.2, 0.25) is 0 Å². The molecule has 0 aromatic carbocycles. The summed E-state index contributed by atoms with van der Waals surface area (Å²) in [6.07, 6.45) is 16.0. The van der Waals surface area contributed by atoms with Crippen molar-refractivity contribution in [3.63, 3.8) is 0 Å². The van der Waals surface area contributed by atoms with Crippen LogP contribution in [0.15, 0.2) is 43.0 Å². The van der Waals surface area contributed by atoms with Crippen LogP contribution in [0, 0.1) is 0 Å². The van der Waals surface area contributed by atoms with Crippen molar-refractivity contribution in [2.24, 2.45) is 0 Å². The minimum Gasteiger partial charge on any atom is -1.00 e. The second kappa shape index (κ2) is 12.9. The van der Waals surface area contributed by atoms with Gasteiger partial charge in [-0.2, -0.15) is 0 Å². The summed E-state index contributed by atoms with van der Waals surface area (Å²) in [7, 11) is 2.15. The van der Waals surface area contributed by atoms with Crippen molar-refractivity contribution in [2.75, 3.05) is 0 Å². The molecule has 5 heteroatoms. The van der Waals surface area contributed by atoms with Crippen LogP contribution in [0.5, 0.6) is 0 Å². The van der Waals surface area contributed by atoms with Gasteiger partial charge in [0.15, 0.2) is 7.98 Å². The first-order valence-corrected chi connectivity index (χ1v) is 9.67. The fourth-order valence-electron chi connectivity index (χ4n) is 1.88. The van der Waals surface area contributed by atoms with E-state index in [0.717, 1.165) is 0 Å². The van der Waals surface area contributed by atoms with Gasteiger partial charge in [0, 0.05) is 0 Å². The maximum atomic E-state index is 2.33. The van der Waals surface area contributed by atoms with Gasteiger partial charge in [0.2, 0.25) is 0 Å². The maximum Gasteiger partial charge on any atom is -1.00 e. The van der Waals surface area contributed by atoms with Gasteiger partial charge in [-0.1, -0.05) is 27.7 Å². The van der Waals surface area contributed by atoms with Gasteiger partial charge in [-0.3, -0.25) is 0 Å². The van der Waals surface area contributed by atoms with E-state index in [0.29, 0.717) is 12.1 Å². The van der Waals surface area contributed by atoms with E-state index in [-0.39, 0.29) is 48.0 Å². The normalized spacial score (nSPS) is 15.0. The summed E-state index contributed by atoms with van der Waals surface area (Å²) in [5, 5.41) is 0. The van der Waals surface area contributed by atoms with Crippen LogP contribution in [0.25, 0.3) is 0 Å². The number of allylic oxidation sites excluding steroid dienone is 8. The summed E-state index contributed by atoms with van der Waals surface area (Å²) < 4.78 is 3.45. The van der Waals surface area contributed by atoms with Gasteiger partial charge < -0.3 is 29.6 Å². The molecule has 21 heavy (non-hydrogen) atoms. The molecule has 2 aliphatic carbocycles. The van der Waals surface area contributed by atoms with Crippen molar-refractivity contribution >= 4 is 7.98 Å². The number of hydrogen-bond acceptors (Lipinski definition) is 1. The van der Waals surface area contributed by atoms with E-state index in [4.69, 9.17) is 0 Å². The van der Waals surface area contributed by atoms with Crippen LogP contribution in [0.1, 0.15) is 40.5 Å². The Morgan fingerprint density at radius 3 is 1.48 bits per heavy atom. The van der Waals surface area contributed by atoms with E-state index >= 15 is 0 Å². The first kappa shape index (κ1) is 23.7. The maximum absolute atomic E-state index is 2.33. The van der Waals surface area contributed by atoms with Crippen molar-refractivity contribution in [3.05, 3.63) is 43.0 Å². The smallest absolute Gasteiger partial charge is 1.00 e. The van der Waals surface area contributed by atoms with Crippen LogP contribution < -0.4 is 24.8 Å². The Labute approximate surface area is 155 Å². The van der Waals surface area contributed by atoms with E-state index in [2.05, 4.69) is 76.9 Å². The molecule has 2 rings (SSSR count). The minimum absolute atomic E-state index is 0. The molecule has 0 unspecified atom stereocenters. The average Bonchev–Trinajstić information content (AvgIpc) is 3.02. The van der Waals surface area contributed by atoms with Crippen molar-refractivity contribution in [3.8, 4) is 0 Å². The molecule has 0 aromatic rings. The van der Waals surface area contributed by atoms with Gasteiger partial charge in [-0.05, 0) is 12.1 Å². The van der Waals surface area contributed by atoms with Crippen molar-refractivity contribution in [1.29, 1.82) is 0 Å². The second-order valence-electron chi connectivity index (χ2n) is 5.63. The number of rotatable bonds is 4. The zero-order valence-corrected chi connectivity index (χ0v) is 17.7. The summed E-state index contributed by atoms with van der Waals surface area (Å²) in [5.74, 6) is 0. The van der Waals surface area contributed by atoms with Gasteiger partial charge in [-0.25, -0.2) is 0 Å². The monoisotopic (exact) mass is 403 g/mol. The van der Waals surface area contributed by atoms with Crippen LogP contribution in [-0.2, 0) is 23.2 Å². The Kier molecular flexibility index (Phi) is 14.6. The van der Waals surface area contributed by atoms with E-state index in [9.17, 15) is 0 Å². The second-order valence-corrected chi connectivity index (χ2v) is 9.40. The molecular formula is C16H26BCl2NZr. The zero-order valence-electron chi connectivity index (χ0n) is 13.7. The third kappa shape index (κ3) is 9.95. The quantitative estimate of drug-likeness (QED) is 0.465. The largest absolute Gasteiger partial charge is 1.00 e. The summed E-state index contributed by atoms with van der Waals surface area (Å²) in [5.41, 5.74) is 0. The molecule has 1 nitrogen and oxygen atoms in total. The third-order valence-electron chi connectivity index (χ3n) is 3.49. The van der Waals surface area contributed by atoms with Gasteiger partial charge in [0.25, 0.3) is 0 Å². The van der Waals surface area contributed by atoms with E-state index in [1.165, 1.54) is 12.8 Å². The summed E-state index contributed by atoms with van der Waals surface area (Å²) in [6, 6.07) is 1.35. The topological polar surface area (TPSA) is 3.24 Å². The van der Waals surface area contributed by atoms with Crippen molar-refractivity contribution in [2.45, 2.75) is 52.6 Å². The number of nitrogens with zero attached hydrogens (tertiary/aromatic N) is 1. The Morgan fingerprint density at radius 2 is 1.29 bits per heavy atom. The summed E-state index contributed by atoms with van der Waals surface area (Å²) in [6.45, 7) is 8.83. The van der Waals surface area contributed by atoms with Gasteiger partial charge in [0.1, 0.15) is 0 Å². The molecule has 0 saturated carbocycles. The van der Waals surface area contributed by atoms with Gasteiger partial charge in [-0.15, -0.1) is 0 Å². The van der Waals surface area contributed by atoms with Crippen LogP contribution in [-0.4, -0.2) is 24.9 Å². The van der Waals surface area contributed by atoms with E-state index in [1.807, 2.05) is 0 Å². The molecule has 0 N–H and O–H groups in total. The fourth-order valence-corrected chi connectivity index (χ4v) is 4.86. The Bertz CT molecular complexity index is 365. The molecule has 0 aliphatic heterocycles. The molecular weight excluding hydrogens is 379 g/mol. The molecule has 116 valence electrons. The van der Waals surface area contributed by atoms with Crippen LogP contribution in [0.4, 0.5) is 0 Å². The molecule has 2 aliphatic rings. The number of halogens is 2. The third-order valence-corrected chi connectivity index (χ3v) is 6.89. The van der Waals surface area contributed by atoms with Crippen LogP contribution >= 0.6 is 0 Å². The molecule has 0 heterocycles. The average molecular weight is 405 g/mol. The molecule has 0 saturated heterocycles. The van der Waals surface area contributed by atoms with Gasteiger partial charge in [0.05, 0.1) is 0 Å². The predicted molar refractivity (Wildman–Crippen MR) is 84.3 cm³/mol. The summed E-state index contributed by atoms with van der Waals surface area (Å²) >= 11 is -0.312. The fraction of sp³-hybridized carbons (Fsp3) is 0.500. The molecule has 0 amide bonds. The SMILES string of the molecule is BN(C(C)C)C(C)C.C1=CC[C]([Zr+2][C]2=CC=CC2)=C1.[Cl-].[Cl-]. The Morgan fingerprint density at radius 1 is 0.905 bits per heavy atom. The standard InChI is InChI=1S/C6H16BN.2C5H5.2ClH.Zr/c1-5(2)8(7)6(3)4;2*1-2-4-5-3-1;;;/h5-6H,7H2,1-4H3;2*1-3H,4H2;2*1H;/q;;;;;+2/p-2. The van der Waals surface area contributed by atoms with Crippen molar-refractivity contribution in [1.82, 2.24) is 4.81 Å². The first-order chi connectivity index (χ1) is 9.00. The Balaban J connectivity index is 0. The van der Waals surface area contributed by atoms with Crippen molar-refractivity contribution < 1.29 is 48.0 Å². The molecule has 0 bridgehead atoms. The molecule has 0 aromatic heterocycles. The first-order valence-electron chi connectivity index (χ1n) is 7.21. The van der Waals surface area contributed by atoms with E-state index < -0.39 is 0 Å². The molecule has 0 spiro atoms. The zero-order chi connectivity index (χ0) is 14.3.